The zero-order chi connectivity index (χ0) is 15.5. The number of thiophene rings is 1. The van der Waals surface area contributed by atoms with E-state index in [0.717, 1.165) is 16.0 Å². The van der Waals surface area contributed by atoms with E-state index in [1.807, 2.05) is 26.1 Å². The van der Waals surface area contributed by atoms with E-state index in [1.165, 1.54) is 11.3 Å². The van der Waals surface area contributed by atoms with Crippen molar-refractivity contribution in [1.29, 1.82) is 0 Å². The Balaban J connectivity index is 2.17. The minimum absolute atomic E-state index is 0.245. The second-order valence-corrected chi connectivity index (χ2v) is 8.22. The average molecular weight is 345 g/mol. The van der Waals surface area contributed by atoms with Gasteiger partial charge in [0.25, 0.3) is 0 Å². The topological polar surface area (TPSA) is 58.2 Å². The highest BCUT2D eigenvalue weighted by Crippen LogP contribution is 2.22. The lowest BCUT2D eigenvalue weighted by molar-refractivity contribution is 0.581. The van der Waals surface area contributed by atoms with E-state index in [-0.39, 0.29) is 11.4 Å². The smallest absolute Gasteiger partial charge is 0.240 e. The molecule has 0 amide bonds. The van der Waals surface area contributed by atoms with Gasteiger partial charge in [0.05, 0.1) is 9.23 Å². The van der Waals surface area contributed by atoms with Crippen molar-refractivity contribution >= 4 is 33.0 Å². The van der Waals surface area contributed by atoms with Crippen LogP contribution in [0.15, 0.2) is 35.2 Å². The van der Waals surface area contributed by atoms with Crippen LogP contribution in [-0.2, 0) is 23.1 Å². The first-order chi connectivity index (χ1) is 9.92. The number of hydrogen-bond acceptors (Lipinski definition) is 4. The first kappa shape index (κ1) is 16.5. The fourth-order valence-electron chi connectivity index (χ4n) is 1.89. The molecule has 0 aliphatic carbocycles. The summed E-state index contributed by atoms with van der Waals surface area (Å²) in [6.45, 7) is 2.84. The van der Waals surface area contributed by atoms with Gasteiger partial charge in [-0.15, -0.1) is 11.3 Å². The molecule has 1 aromatic carbocycles. The first-order valence-electron chi connectivity index (χ1n) is 6.40. The van der Waals surface area contributed by atoms with Crippen LogP contribution in [0.2, 0.25) is 4.34 Å². The molecular formula is C14H17ClN2O2S2. The van der Waals surface area contributed by atoms with Crippen molar-refractivity contribution in [2.24, 2.45) is 0 Å². The Bertz CT molecular complexity index is 726. The standard InChI is InChI=1S/C14H17ClN2O2S2/c1-10-3-5-13(7-11(10)8-16-2)21(18,19)17-9-12-4-6-14(15)20-12/h3-7,16-17H,8-9H2,1-2H3. The summed E-state index contributed by atoms with van der Waals surface area (Å²) < 4.78 is 27.9. The molecule has 2 rings (SSSR count). The molecule has 7 heteroatoms. The highest BCUT2D eigenvalue weighted by atomic mass is 35.5. The van der Waals surface area contributed by atoms with E-state index < -0.39 is 10.0 Å². The van der Waals surface area contributed by atoms with Gasteiger partial charge in [0.15, 0.2) is 0 Å². The van der Waals surface area contributed by atoms with E-state index in [0.29, 0.717) is 10.9 Å². The summed E-state index contributed by atoms with van der Waals surface area (Å²) in [6, 6.07) is 8.72. The van der Waals surface area contributed by atoms with Crippen molar-refractivity contribution in [1.82, 2.24) is 10.0 Å². The lowest BCUT2D eigenvalue weighted by Gasteiger charge is -2.10. The highest BCUT2D eigenvalue weighted by molar-refractivity contribution is 7.89. The average Bonchev–Trinajstić information content (AvgIpc) is 2.85. The van der Waals surface area contributed by atoms with Crippen molar-refractivity contribution in [2.75, 3.05) is 7.05 Å². The van der Waals surface area contributed by atoms with E-state index in [4.69, 9.17) is 11.6 Å². The molecule has 2 aromatic rings. The molecule has 0 saturated carbocycles. The number of hydrogen-bond donors (Lipinski definition) is 2. The largest absolute Gasteiger partial charge is 0.316 e. The summed E-state index contributed by atoms with van der Waals surface area (Å²) in [5.74, 6) is 0. The molecule has 4 nitrogen and oxygen atoms in total. The molecule has 2 N–H and O–H groups in total. The number of rotatable bonds is 6. The summed E-state index contributed by atoms with van der Waals surface area (Å²) in [7, 11) is -1.69. The number of nitrogens with one attached hydrogen (secondary N) is 2. The maximum atomic E-state index is 12.3. The summed E-state index contributed by atoms with van der Waals surface area (Å²) in [6.07, 6.45) is 0. The van der Waals surface area contributed by atoms with Gasteiger partial charge < -0.3 is 5.32 Å². The Morgan fingerprint density at radius 2 is 1.95 bits per heavy atom. The Kier molecular flexibility index (Phi) is 5.40. The molecule has 114 valence electrons. The second-order valence-electron chi connectivity index (χ2n) is 4.65. The van der Waals surface area contributed by atoms with Crippen LogP contribution in [0.25, 0.3) is 0 Å². The van der Waals surface area contributed by atoms with Gasteiger partial charge in [0.1, 0.15) is 0 Å². The predicted molar refractivity (Wildman–Crippen MR) is 87.3 cm³/mol. The first-order valence-corrected chi connectivity index (χ1v) is 9.08. The van der Waals surface area contributed by atoms with Crippen molar-refractivity contribution in [3.8, 4) is 0 Å². The zero-order valence-corrected chi connectivity index (χ0v) is 14.2. The Hall–Kier alpha value is -0.920. The van der Waals surface area contributed by atoms with Gasteiger partial charge in [-0.3, -0.25) is 0 Å². The molecule has 0 bridgehead atoms. The zero-order valence-electron chi connectivity index (χ0n) is 11.8. The molecule has 1 aromatic heterocycles. The maximum absolute atomic E-state index is 12.3. The molecule has 21 heavy (non-hydrogen) atoms. The van der Waals surface area contributed by atoms with Gasteiger partial charge in [0, 0.05) is 18.0 Å². The summed E-state index contributed by atoms with van der Waals surface area (Å²) >= 11 is 7.20. The molecule has 0 unspecified atom stereocenters. The van der Waals surface area contributed by atoms with Crippen LogP contribution >= 0.6 is 22.9 Å². The molecular weight excluding hydrogens is 328 g/mol. The second kappa shape index (κ2) is 6.89. The van der Waals surface area contributed by atoms with Crippen LogP contribution in [0, 0.1) is 6.92 Å². The van der Waals surface area contributed by atoms with Crippen LogP contribution in [0.3, 0.4) is 0 Å². The SMILES string of the molecule is CNCc1cc(S(=O)(=O)NCc2ccc(Cl)s2)ccc1C. The van der Waals surface area contributed by atoms with E-state index >= 15 is 0 Å². The third-order valence-electron chi connectivity index (χ3n) is 3.06. The van der Waals surface area contributed by atoms with Gasteiger partial charge in [-0.1, -0.05) is 17.7 Å². The highest BCUT2D eigenvalue weighted by Gasteiger charge is 2.15. The van der Waals surface area contributed by atoms with Crippen molar-refractivity contribution in [2.45, 2.75) is 24.9 Å². The quantitative estimate of drug-likeness (QED) is 0.847. The molecule has 0 fully saturated rings. The van der Waals surface area contributed by atoms with Gasteiger partial charge in [-0.05, 0) is 49.4 Å². The number of aryl methyl sites for hydroxylation is 1. The minimum atomic E-state index is -3.52. The lowest BCUT2D eigenvalue weighted by Crippen LogP contribution is -2.23. The van der Waals surface area contributed by atoms with Gasteiger partial charge in [0.2, 0.25) is 10.0 Å². The third-order valence-corrected chi connectivity index (χ3v) is 5.69. The van der Waals surface area contributed by atoms with Crippen molar-refractivity contribution < 1.29 is 8.42 Å². The van der Waals surface area contributed by atoms with Crippen molar-refractivity contribution in [3.05, 3.63) is 50.7 Å². The molecule has 0 atom stereocenters. The Morgan fingerprint density at radius 3 is 2.57 bits per heavy atom. The van der Waals surface area contributed by atoms with Crippen LogP contribution in [0.5, 0.6) is 0 Å². The molecule has 0 spiro atoms. The number of halogens is 1. The van der Waals surface area contributed by atoms with E-state index in [1.54, 1.807) is 18.2 Å². The lowest BCUT2D eigenvalue weighted by atomic mass is 10.1. The predicted octanol–water partition coefficient (Wildman–Crippen LogP) is 2.91. The summed E-state index contributed by atoms with van der Waals surface area (Å²) in [4.78, 5) is 1.16. The van der Waals surface area contributed by atoms with E-state index in [9.17, 15) is 8.42 Å². The van der Waals surface area contributed by atoms with Crippen molar-refractivity contribution in [3.63, 3.8) is 0 Å². The molecule has 1 heterocycles. The van der Waals surface area contributed by atoms with Crippen LogP contribution in [-0.4, -0.2) is 15.5 Å². The third kappa shape index (κ3) is 4.28. The Labute approximate surface area is 134 Å². The Morgan fingerprint density at radius 1 is 1.19 bits per heavy atom. The monoisotopic (exact) mass is 344 g/mol. The molecule has 0 aliphatic rings. The number of sulfonamides is 1. The van der Waals surface area contributed by atoms with Gasteiger partial charge in [-0.2, -0.15) is 0 Å². The molecule has 0 radical (unpaired) electrons. The maximum Gasteiger partial charge on any atom is 0.240 e. The normalized spacial score (nSPS) is 11.8. The fourth-order valence-corrected chi connectivity index (χ4v) is 4.07. The van der Waals surface area contributed by atoms with Gasteiger partial charge in [-0.25, -0.2) is 13.1 Å². The molecule has 0 aliphatic heterocycles. The molecule has 0 saturated heterocycles. The van der Waals surface area contributed by atoms with E-state index in [2.05, 4.69) is 10.0 Å². The fraction of sp³-hybridized carbons (Fsp3) is 0.286. The van der Waals surface area contributed by atoms with Crippen LogP contribution < -0.4 is 10.0 Å². The summed E-state index contributed by atoms with van der Waals surface area (Å²) in [5, 5.41) is 3.04. The number of benzene rings is 1. The van der Waals surface area contributed by atoms with Crippen LogP contribution in [0.1, 0.15) is 16.0 Å². The minimum Gasteiger partial charge on any atom is -0.316 e. The van der Waals surface area contributed by atoms with Crippen LogP contribution in [0.4, 0.5) is 0 Å². The summed E-state index contributed by atoms with van der Waals surface area (Å²) in [5.41, 5.74) is 2.04. The van der Waals surface area contributed by atoms with Gasteiger partial charge >= 0.3 is 0 Å².